The average molecular weight is 743 g/mol. The van der Waals surface area contributed by atoms with E-state index in [9.17, 15) is 0 Å². The first kappa shape index (κ1) is 34.1. The summed E-state index contributed by atoms with van der Waals surface area (Å²) >= 11 is 0. The lowest BCUT2D eigenvalue weighted by atomic mass is 9.81. The molecule has 2 nitrogen and oxygen atoms in total. The Labute approximate surface area is 339 Å². The minimum atomic E-state index is -0.118. The molecule has 8 aromatic carbocycles. The molecule has 0 bridgehead atoms. The van der Waals surface area contributed by atoms with Crippen molar-refractivity contribution < 1.29 is 0 Å². The van der Waals surface area contributed by atoms with Gasteiger partial charge in [0.15, 0.2) is 0 Å². The highest BCUT2D eigenvalue weighted by atomic mass is 15.0. The maximum atomic E-state index is 2.39. The molecule has 0 fully saturated rings. The highest BCUT2D eigenvalue weighted by Crippen LogP contribution is 2.49. The minimum Gasteiger partial charge on any atom is -0.309 e. The fourth-order valence-electron chi connectivity index (χ4n) is 9.38. The molecule has 276 valence electrons. The summed E-state index contributed by atoms with van der Waals surface area (Å²) in [5, 5.41) is 5.08. The quantitative estimate of drug-likeness (QED) is 0.150. The Morgan fingerprint density at radius 2 is 0.759 bits per heavy atom. The van der Waals surface area contributed by atoms with Gasteiger partial charge >= 0.3 is 0 Å². The van der Waals surface area contributed by atoms with Crippen molar-refractivity contribution in [2.24, 2.45) is 0 Å². The van der Waals surface area contributed by atoms with Gasteiger partial charge in [-0.25, -0.2) is 0 Å². The molecule has 2 aromatic heterocycles. The van der Waals surface area contributed by atoms with Gasteiger partial charge in [-0.2, -0.15) is 0 Å². The first-order valence-electron chi connectivity index (χ1n) is 20.3. The molecule has 2 heteroatoms. The van der Waals surface area contributed by atoms with Crippen LogP contribution in [-0.2, 0) is 5.41 Å². The van der Waals surface area contributed by atoms with Crippen LogP contribution in [0, 0.1) is 6.92 Å². The summed E-state index contributed by atoms with van der Waals surface area (Å²) in [7, 11) is 0. The van der Waals surface area contributed by atoms with Crippen molar-refractivity contribution >= 4 is 67.9 Å². The third-order valence-corrected chi connectivity index (χ3v) is 12.4. The van der Waals surface area contributed by atoms with Gasteiger partial charge < -0.3 is 9.13 Å². The van der Waals surface area contributed by atoms with Crippen molar-refractivity contribution in [3.05, 3.63) is 215 Å². The normalized spacial score (nSPS) is 13.4. The second kappa shape index (κ2) is 13.2. The molecule has 1 aliphatic carbocycles. The zero-order chi connectivity index (χ0) is 39.0. The van der Waals surface area contributed by atoms with E-state index in [1.165, 1.54) is 105 Å². The van der Waals surface area contributed by atoms with Gasteiger partial charge in [0.25, 0.3) is 0 Å². The first-order chi connectivity index (χ1) is 28.4. The van der Waals surface area contributed by atoms with Crippen LogP contribution in [-0.4, -0.2) is 9.13 Å². The van der Waals surface area contributed by atoms with E-state index in [0.717, 1.165) is 0 Å². The van der Waals surface area contributed by atoms with Gasteiger partial charge in [0.2, 0.25) is 0 Å². The Bertz CT molecular complexity index is 3290. The van der Waals surface area contributed by atoms with Crippen LogP contribution in [0.1, 0.15) is 52.8 Å². The summed E-state index contributed by atoms with van der Waals surface area (Å²) < 4.78 is 4.75. The predicted octanol–water partition coefficient (Wildman–Crippen LogP) is 14.8. The van der Waals surface area contributed by atoms with Crippen molar-refractivity contribution in [2.45, 2.75) is 26.2 Å². The molecule has 1 aliphatic rings. The summed E-state index contributed by atoms with van der Waals surface area (Å²) in [6, 6.07) is 64.5. The van der Waals surface area contributed by atoms with E-state index in [0.29, 0.717) is 0 Å². The molecule has 0 saturated heterocycles. The molecule has 0 saturated carbocycles. The number of rotatable bonds is 6. The zero-order valence-corrected chi connectivity index (χ0v) is 32.9. The summed E-state index contributed by atoms with van der Waals surface area (Å²) in [5.74, 6) is 0. The van der Waals surface area contributed by atoms with Crippen molar-refractivity contribution in [1.29, 1.82) is 0 Å². The highest BCUT2D eigenvalue weighted by Gasteiger charge is 2.35. The number of fused-ring (bicyclic) bond motifs is 9. The molecular weight excluding hydrogens is 701 g/mol. The monoisotopic (exact) mass is 742 g/mol. The van der Waals surface area contributed by atoms with Crippen LogP contribution in [0.25, 0.3) is 90.4 Å². The number of aromatic nitrogens is 2. The zero-order valence-electron chi connectivity index (χ0n) is 32.9. The van der Waals surface area contributed by atoms with Gasteiger partial charge in [0.05, 0.1) is 22.1 Å². The molecule has 0 N–H and O–H groups in total. The lowest BCUT2D eigenvalue weighted by molar-refractivity contribution is 0.660. The van der Waals surface area contributed by atoms with Crippen LogP contribution < -0.4 is 0 Å². The lowest BCUT2D eigenvalue weighted by Gasteiger charge is -2.22. The summed E-state index contributed by atoms with van der Waals surface area (Å²) in [4.78, 5) is 0. The van der Waals surface area contributed by atoms with Crippen molar-refractivity contribution in [3.8, 4) is 22.5 Å². The number of benzene rings is 8. The van der Waals surface area contributed by atoms with E-state index in [-0.39, 0.29) is 5.41 Å². The van der Waals surface area contributed by atoms with Crippen molar-refractivity contribution in [1.82, 2.24) is 9.13 Å². The number of hydrogen-bond donors (Lipinski definition) is 0. The minimum absolute atomic E-state index is 0.118. The van der Waals surface area contributed by atoms with E-state index in [2.05, 4.69) is 230 Å². The Morgan fingerprint density at radius 3 is 1.26 bits per heavy atom. The first-order valence-corrected chi connectivity index (χ1v) is 20.3. The molecule has 11 rings (SSSR count). The SMILES string of the molecule is Cc1ccc(-n2c3ccccc3c3cc(C=Cc4ccc5c(c4)C(C)(C)c4cc(C=Cc6ccc7c(c6)c6ccccc6n7-c6ccccc6)ccc4-5)ccc32)cc1. The second-order valence-electron chi connectivity index (χ2n) is 16.3. The molecule has 58 heavy (non-hydrogen) atoms. The van der Waals surface area contributed by atoms with Crippen LogP contribution in [0.15, 0.2) is 176 Å². The standard InChI is InChI=1S/C56H42N2/c1-37-17-27-43(28-18-37)58-53-16-10-8-14-47(53)49-34-39(26-32-55(49)58)20-22-41-24-30-45-44-29-23-40(35-50(44)56(2,3)51(45)36-41)21-19-38-25-31-54-48(33-38)46-13-7-9-15-52(46)57(54)42-11-5-4-6-12-42/h4-36H,1-3H3. The average Bonchev–Trinajstić information content (AvgIpc) is 3.85. The third-order valence-electron chi connectivity index (χ3n) is 12.4. The maximum Gasteiger partial charge on any atom is 0.0541 e. The fourth-order valence-corrected chi connectivity index (χ4v) is 9.38. The Balaban J connectivity index is 0.880. The van der Waals surface area contributed by atoms with Crippen molar-refractivity contribution in [3.63, 3.8) is 0 Å². The fraction of sp³-hybridized carbons (Fsp3) is 0.0714. The van der Waals surface area contributed by atoms with Gasteiger partial charge in [-0.3, -0.25) is 0 Å². The summed E-state index contributed by atoms with van der Waals surface area (Å²) in [6.07, 6.45) is 9.04. The summed E-state index contributed by atoms with van der Waals surface area (Å²) in [6.45, 7) is 6.87. The van der Waals surface area contributed by atoms with E-state index in [4.69, 9.17) is 0 Å². The second-order valence-corrected chi connectivity index (χ2v) is 16.3. The lowest BCUT2D eigenvalue weighted by Crippen LogP contribution is -2.15. The maximum absolute atomic E-state index is 2.39. The van der Waals surface area contributed by atoms with Gasteiger partial charge in [-0.1, -0.05) is 159 Å². The van der Waals surface area contributed by atoms with E-state index in [1.54, 1.807) is 0 Å². The van der Waals surface area contributed by atoms with Crippen LogP contribution in [0.4, 0.5) is 0 Å². The van der Waals surface area contributed by atoms with Crippen molar-refractivity contribution in [2.75, 3.05) is 0 Å². The molecule has 0 aliphatic heterocycles. The molecule has 10 aromatic rings. The van der Waals surface area contributed by atoms with E-state index >= 15 is 0 Å². The summed E-state index contributed by atoms with van der Waals surface area (Å²) in [5.41, 5.74) is 18.6. The number of para-hydroxylation sites is 3. The van der Waals surface area contributed by atoms with Gasteiger partial charge in [-0.15, -0.1) is 0 Å². The highest BCUT2D eigenvalue weighted by molar-refractivity contribution is 6.11. The van der Waals surface area contributed by atoms with Gasteiger partial charge in [-0.05, 0) is 112 Å². The molecular formula is C56H42N2. The number of aryl methyl sites for hydroxylation is 1. The Kier molecular flexibility index (Phi) is 7.78. The third kappa shape index (κ3) is 5.48. The van der Waals surface area contributed by atoms with Gasteiger partial charge in [0.1, 0.15) is 0 Å². The predicted molar refractivity (Wildman–Crippen MR) is 248 cm³/mol. The molecule has 0 spiro atoms. The molecule has 0 unspecified atom stereocenters. The van der Waals surface area contributed by atoms with E-state index < -0.39 is 0 Å². The van der Waals surface area contributed by atoms with Crippen LogP contribution >= 0.6 is 0 Å². The van der Waals surface area contributed by atoms with Crippen LogP contribution in [0.3, 0.4) is 0 Å². The molecule has 2 heterocycles. The van der Waals surface area contributed by atoms with Crippen LogP contribution in [0.5, 0.6) is 0 Å². The Morgan fingerprint density at radius 1 is 0.362 bits per heavy atom. The smallest absolute Gasteiger partial charge is 0.0541 e. The topological polar surface area (TPSA) is 9.86 Å². The van der Waals surface area contributed by atoms with Gasteiger partial charge in [0, 0.05) is 38.3 Å². The molecule has 0 radical (unpaired) electrons. The largest absolute Gasteiger partial charge is 0.309 e. The molecule has 0 atom stereocenters. The van der Waals surface area contributed by atoms with E-state index in [1.807, 2.05) is 0 Å². The number of hydrogen-bond acceptors (Lipinski definition) is 0. The van der Waals surface area contributed by atoms with Crippen LogP contribution in [0.2, 0.25) is 0 Å². The Hall–Kier alpha value is -7.16. The molecule has 0 amide bonds. The number of nitrogens with zero attached hydrogens (tertiary/aromatic N) is 2.